The Balaban J connectivity index is 0.000000132. The first kappa shape index (κ1) is 76.0. The monoisotopic (exact) mass is 1730 g/mol. The van der Waals surface area contributed by atoms with Crippen LogP contribution in [0.5, 0.6) is 0 Å². The third-order valence-electron chi connectivity index (χ3n) is 29.4. The summed E-state index contributed by atoms with van der Waals surface area (Å²) in [5, 5.41) is 31.7. The van der Waals surface area contributed by atoms with Crippen LogP contribution in [-0.4, -0.2) is 38.2 Å². The Bertz CT molecular complexity index is 10200. The lowest BCUT2D eigenvalue weighted by Crippen LogP contribution is -2.03. The van der Waals surface area contributed by atoms with E-state index in [2.05, 4.69) is 449 Å². The Hall–Kier alpha value is -17.7. The molecule has 6 aromatic heterocycles. The molecule has 1 aliphatic rings. The van der Waals surface area contributed by atoms with Crippen molar-refractivity contribution in [2.75, 3.05) is 0 Å². The van der Waals surface area contributed by atoms with Crippen LogP contribution in [0.15, 0.2) is 437 Å². The van der Waals surface area contributed by atoms with E-state index in [0.717, 1.165) is 134 Å². The second-order valence-electron chi connectivity index (χ2n) is 36.9. The van der Waals surface area contributed by atoms with E-state index in [1.165, 1.54) is 171 Å². The maximum absolute atomic E-state index is 5.60. The van der Waals surface area contributed by atoms with Gasteiger partial charge in [0.1, 0.15) is 0 Å². The molecule has 0 saturated carbocycles. The van der Waals surface area contributed by atoms with Gasteiger partial charge in [0, 0.05) is 88.1 Å². The second kappa shape index (κ2) is 29.9. The Morgan fingerprint density at radius 2 is 0.537 bits per heavy atom. The van der Waals surface area contributed by atoms with Crippen molar-refractivity contribution in [1.29, 1.82) is 0 Å². The Morgan fingerprint density at radius 1 is 0.169 bits per heavy atom. The molecule has 30 rings (SSSR count). The number of fused-ring (bicyclic) bond motifs is 28. The van der Waals surface area contributed by atoms with Gasteiger partial charge in [0.15, 0.2) is 0 Å². The topological polar surface area (TPSA) is 71.3 Å². The zero-order chi connectivity index (χ0) is 88.9. The Kier molecular flexibility index (Phi) is 16.7. The third kappa shape index (κ3) is 11.7. The van der Waals surface area contributed by atoms with Gasteiger partial charge in [-0.25, -0.2) is 19.9 Å². The van der Waals surface area contributed by atoms with E-state index in [1.807, 2.05) is 6.07 Å². The number of rotatable bonds is 8. The van der Waals surface area contributed by atoms with Gasteiger partial charge >= 0.3 is 0 Å². The molecule has 0 bridgehead atoms. The van der Waals surface area contributed by atoms with Gasteiger partial charge in [-0.3, -0.25) is 0 Å². The van der Waals surface area contributed by atoms with Crippen molar-refractivity contribution in [3.8, 4) is 67.8 Å². The first-order valence-electron chi connectivity index (χ1n) is 47.2. The molecule has 6 heterocycles. The molecule has 0 unspecified atom stereocenters. The van der Waals surface area contributed by atoms with E-state index < -0.39 is 0 Å². The molecule has 136 heavy (non-hydrogen) atoms. The van der Waals surface area contributed by atoms with Crippen molar-refractivity contribution in [1.82, 2.24) is 38.2 Å². The minimum atomic E-state index is 0.853. The molecular formula is C128H80N8. The maximum atomic E-state index is 5.60. The molecule has 0 saturated heterocycles. The van der Waals surface area contributed by atoms with Gasteiger partial charge in [-0.05, 0) is 273 Å². The highest BCUT2D eigenvalue weighted by Crippen LogP contribution is 2.49. The van der Waals surface area contributed by atoms with Crippen LogP contribution in [0.3, 0.4) is 0 Å². The van der Waals surface area contributed by atoms with Gasteiger partial charge in [0.2, 0.25) is 0 Å². The number of nitrogens with zero attached hydrogens (tertiary/aromatic N) is 8. The number of benzene rings is 23. The van der Waals surface area contributed by atoms with Crippen molar-refractivity contribution in [2.24, 2.45) is 0 Å². The van der Waals surface area contributed by atoms with Crippen LogP contribution in [-0.2, 0) is 12.8 Å². The first-order chi connectivity index (χ1) is 67.4. The van der Waals surface area contributed by atoms with Crippen molar-refractivity contribution in [3.63, 3.8) is 0 Å². The van der Waals surface area contributed by atoms with E-state index in [9.17, 15) is 0 Å². The highest BCUT2D eigenvalue weighted by molar-refractivity contribution is 6.24. The van der Waals surface area contributed by atoms with E-state index in [1.54, 1.807) is 5.56 Å². The standard InChI is InChI=1S/C64H42N4.C64H38N4/c1-4-16-48-39(13-1)25-26-41-27-28-44(35-53(41)48)63-64(66-57-22-10-9-21-56(57)65-63)55-38-47(33-43-15-3-5-17-49(43)55)68-58-23-11-7-19-51(58)54-36-45-34-46(31-29-42(45)37-61(54)68)67-59-24-12-8-20-52(59)62-50-18-6-2-14-40(50)30-32-60(62)67;1-2-17-41-36-60-53(34-40(41)16-1)51-31-30-44(67-58-28-14-11-25-52(58)62-48-22-8-3-15-39(48)29-32-59(62)67)38-61(51)68(60)45-33-42-18-4-7-21-47(42)55(37-45)64-63(65-56-26-12-13-27-57(56)66-64)54-35-43-19-5-6-20-46(43)49-23-9-10-24-50(49)54/h1,3-5,7-13,15-17,19-38H,2,6,14,18H2;1-38H. The molecule has 0 fully saturated rings. The summed E-state index contributed by atoms with van der Waals surface area (Å²) in [4.78, 5) is 22.1. The average Bonchev–Trinajstić information content (AvgIpc) is 1.54. The van der Waals surface area contributed by atoms with Gasteiger partial charge in [0.25, 0.3) is 0 Å². The minimum Gasteiger partial charge on any atom is -0.309 e. The molecule has 632 valence electrons. The number of hydrogen-bond acceptors (Lipinski definition) is 4. The molecule has 29 aromatic rings. The van der Waals surface area contributed by atoms with Crippen LogP contribution in [0.1, 0.15) is 24.0 Å². The van der Waals surface area contributed by atoms with Crippen molar-refractivity contribution < 1.29 is 0 Å². The summed E-state index contributed by atoms with van der Waals surface area (Å²) in [6, 6.07) is 160. The summed E-state index contributed by atoms with van der Waals surface area (Å²) in [5.41, 5.74) is 28.2. The quantitative estimate of drug-likeness (QED) is 0.142. The molecule has 1 aliphatic carbocycles. The summed E-state index contributed by atoms with van der Waals surface area (Å²) in [7, 11) is 0. The fourth-order valence-electron chi connectivity index (χ4n) is 23.2. The summed E-state index contributed by atoms with van der Waals surface area (Å²) >= 11 is 0. The molecule has 23 aromatic carbocycles. The Morgan fingerprint density at radius 3 is 1.17 bits per heavy atom. The van der Waals surface area contributed by atoms with E-state index in [-0.39, 0.29) is 0 Å². The van der Waals surface area contributed by atoms with E-state index >= 15 is 0 Å². The van der Waals surface area contributed by atoms with Crippen LogP contribution in [0.25, 0.3) is 274 Å². The lowest BCUT2D eigenvalue weighted by molar-refractivity contribution is 0.690. The van der Waals surface area contributed by atoms with Crippen molar-refractivity contribution in [3.05, 3.63) is 448 Å². The Labute approximate surface area is 780 Å². The lowest BCUT2D eigenvalue weighted by atomic mass is 9.88. The molecule has 0 radical (unpaired) electrons. The molecule has 8 nitrogen and oxygen atoms in total. The fraction of sp³-hybridized carbons (Fsp3) is 0.0312. The highest BCUT2D eigenvalue weighted by Gasteiger charge is 2.28. The number of para-hydroxylation sites is 7. The largest absolute Gasteiger partial charge is 0.309 e. The zero-order valence-corrected chi connectivity index (χ0v) is 74.0. The van der Waals surface area contributed by atoms with Gasteiger partial charge in [-0.2, -0.15) is 0 Å². The second-order valence-corrected chi connectivity index (χ2v) is 36.9. The van der Waals surface area contributed by atoms with Crippen molar-refractivity contribution in [2.45, 2.75) is 25.7 Å². The van der Waals surface area contributed by atoms with Gasteiger partial charge in [-0.15, -0.1) is 0 Å². The third-order valence-corrected chi connectivity index (χ3v) is 29.4. The smallest absolute Gasteiger partial charge is 0.0980 e. The number of aryl methyl sites for hydroxylation is 2. The summed E-state index contributed by atoms with van der Waals surface area (Å²) in [5.74, 6) is 0. The molecule has 0 aliphatic heterocycles. The molecular weight excluding hydrogens is 1650 g/mol. The SMILES string of the molecule is c1ccc2c(-c3nc4ccccc4nc3-c3ccc4ccc5ccccc5c4c3)cc(-n3c4ccccc4c4cc5cc(-n6c7ccccc7c7c8c(ccc76)CCCC8)ccc5cc43)cc2c1.c1ccc2cc3c(cc2c1)c1ccc(-n2c4ccccc4c4c5ccccc5ccc42)cc1n3-c1cc(-c2nc3ccccc3nc2-c2cc3ccccc3c3ccccc23)c2ccccc2c1. The molecule has 0 N–H and O–H groups in total. The maximum Gasteiger partial charge on any atom is 0.0980 e. The van der Waals surface area contributed by atoms with Gasteiger partial charge in [-0.1, -0.05) is 297 Å². The van der Waals surface area contributed by atoms with Crippen LogP contribution < -0.4 is 0 Å². The predicted molar refractivity (Wildman–Crippen MR) is 572 cm³/mol. The fourth-order valence-corrected chi connectivity index (χ4v) is 23.2. The normalized spacial score (nSPS) is 12.6. The lowest BCUT2D eigenvalue weighted by Gasteiger charge is -2.18. The van der Waals surface area contributed by atoms with Crippen LogP contribution >= 0.6 is 0 Å². The van der Waals surface area contributed by atoms with E-state index in [4.69, 9.17) is 19.9 Å². The summed E-state index contributed by atoms with van der Waals surface area (Å²) in [6.07, 6.45) is 4.86. The molecule has 8 heteroatoms. The van der Waals surface area contributed by atoms with Crippen LogP contribution in [0.4, 0.5) is 0 Å². The average molecular weight is 1730 g/mol. The van der Waals surface area contributed by atoms with Gasteiger partial charge < -0.3 is 18.3 Å². The number of hydrogen-bond donors (Lipinski definition) is 0. The number of aromatic nitrogens is 8. The minimum absolute atomic E-state index is 0.853. The first-order valence-corrected chi connectivity index (χ1v) is 47.2. The predicted octanol–water partition coefficient (Wildman–Crippen LogP) is 33.6. The highest BCUT2D eigenvalue weighted by atomic mass is 15.0. The summed E-state index contributed by atoms with van der Waals surface area (Å²) in [6.45, 7) is 0. The molecule has 0 amide bonds. The van der Waals surface area contributed by atoms with Crippen LogP contribution in [0.2, 0.25) is 0 Å². The van der Waals surface area contributed by atoms with Crippen molar-refractivity contribution >= 4 is 206 Å². The van der Waals surface area contributed by atoms with Crippen LogP contribution in [0, 0.1) is 0 Å². The zero-order valence-electron chi connectivity index (χ0n) is 74.0. The molecule has 0 atom stereocenters. The molecule has 0 spiro atoms. The summed E-state index contributed by atoms with van der Waals surface area (Å²) < 4.78 is 9.89. The van der Waals surface area contributed by atoms with Gasteiger partial charge in [0.05, 0.1) is 89.0 Å². The van der Waals surface area contributed by atoms with E-state index in [0.29, 0.717) is 0 Å².